The molecule has 0 aromatic heterocycles. The molecule has 2 N–H and O–H groups in total. The van der Waals surface area contributed by atoms with Gasteiger partial charge in [-0.1, -0.05) is 6.07 Å². The Bertz CT molecular complexity index is 344. The van der Waals surface area contributed by atoms with E-state index >= 15 is 0 Å². The van der Waals surface area contributed by atoms with Crippen molar-refractivity contribution in [2.75, 3.05) is 0 Å². The molecule has 0 radical (unpaired) electrons. The summed E-state index contributed by atoms with van der Waals surface area (Å²) in [6.45, 7) is 0. The Balaban J connectivity index is 3.19. The first kappa shape index (κ1) is 8.34. The highest BCUT2D eigenvalue weighted by Gasteiger charge is 2.10. The topological polar surface area (TPSA) is 64.2 Å². The van der Waals surface area contributed by atoms with Crippen LogP contribution >= 0.6 is 0 Å². The van der Waals surface area contributed by atoms with Gasteiger partial charge in [-0.15, -0.1) is 0 Å². The molecule has 62 valence electrons. The molecule has 1 aromatic rings. The Labute approximate surface area is 68.3 Å². The lowest BCUT2D eigenvalue weighted by Gasteiger charge is -2.01. The Morgan fingerprint density at radius 1 is 1.42 bits per heavy atom. The zero-order valence-corrected chi connectivity index (χ0v) is 6.08. The molecule has 3 nitrogen and oxygen atoms in total. The minimum atomic E-state index is -1.08. The van der Waals surface area contributed by atoms with E-state index in [0.29, 0.717) is 0 Å². The molecule has 0 aliphatic rings. The molecule has 0 unspecified atom stereocenters. The maximum atomic E-state index is 12.7. The van der Waals surface area contributed by atoms with Crippen molar-refractivity contribution in [2.45, 2.75) is 6.42 Å². The van der Waals surface area contributed by atoms with Crippen LogP contribution in [0.15, 0.2) is 12.1 Å². The highest BCUT2D eigenvalue weighted by molar-refractivity contribution is 5.42. The highest BCUT2D eigenvalue weighted by atomic mass is 19.1. The van der Waals surface area contributed by atoms with E-state index in [0.717, 1.165) is 6.07 Å². The molecule has 0 aliphatic heterocycles. The molecule has 0 atom stereocenters. The van der Waals surface area contributed by atoms with Crippen LogP contribution in [0.5, 0.6) is 11.5 Å². The van der Waals surface area contributed by atoms with Crippen LogP contribution in [-0.4, -0.2) is 10.2 Å². The summed E-state index contributed by atoms with van der Waals surface area (Å²) in [6, 6.07) is 4.16. The molecule has 0 spiro atoms. The Hall–Kier alpha value is -1.76. The molecular weight excluding hydrogens is 161 g/mol. The second-order valence-electron chi connectivity index (χ2n) is 2.24. The first-order valence-corrected chi connectivity index (χ1v) is 3.23. The number of hydrogen-bond acceptors (Lipinski definition) is 3. The average Bonchev–Trinajstić information content (AvgIpc) is 2.07. The maximum absolute atomic E-state index is 12.7. The number of nitrogens with zero attached hydrogens (tertiary/aromatic N) is 1. The Morgan fingerprint density at radius 3 is 2.67 bits per heavy atom. The SMILES string of the molecule is N#CCc1ccc(O)c(F)c1O. The van der Waals surface area contributed by atoms with Crippen molar-refractivity contribution in [3.8, 4) is 17.6 Å². The maximum Gasteiger partial charge on any atom is 0.206 e. The van der Waals surface area contributed by atoms with Crippen molar-refractivity contribution in [1.82, 2.24) is 0 Å². The Kier molecular flexibility index (Phi) is 2.15. The predicted octanol–water partition coefficient (Wildman–Crippen LogP) is 1.30. The summed E-state index contributed by atoms with van der Waals surface area (Å²) in [6.07, 6.45) is -0.0803. The van der Waals surface area contributed by atoms with E-state index in [2.05, 4.69) is 0 Å². The molecule has 0 aliphatic carbocycles. The van der Waals surface area contributed by atoms with Gasteiger partial charge in [0.15, 0.2) is 11.5 Å². The van der Waals surface area contributed by atoms with Crippen molar-refractivity contribution in [3.05, 3.63) is 23.5 Å². The van der Waals surface area contributed by atoms with E-state index in [1.165, 1.54) is 6.07 Å². The van der Waals surface area contributed by atoms with Crippen molar-refractivity contribution in [2.24, 2.45) is 0 Å². The number of benzene rings is 1. The molecule has 0 heterocycles. The van der Waals surface area contributed by atoms with Crippen LogP contribution in [0.4, 0.5) is 4.39 Å². The van der Waals surface area contributed by atoms with Gasteiger partial charge in [-0.2, -0.15) is 9.65 Å². The summed E-state index contributed by atoms with van der Waals surface area (Å²) in [7, 11) is 0. The number of aromatic hydroxyl groups is 2. The summed E-state index contributed by atoms with van der Waals surface area (Å²) in [4.78, 5) is 0. The van der Waals surface area contributed by atoms with Crippen LogP contribution in [0.2, 0.25) is 0 Å². The van der Waals surface area contributed by atoms with Gasteiger partial charge in [0.2, 0.25) is 5.82 Å². The number of hydrogen-bond donors (Lipinski definition) is 2. The largest absolute Gasteiger partial charge is 0.505 e. The average molecular weight is 167 g/mol. The minimum Gasteiger partial charge on any atom is -0.505 e. The molecule has 0 amide bonds. The van der Waals surface area contributed by atoms with Crippen LogP contribution in [0.3, 0.4) is 0 Å². The van der Waals surface area contributed by atoms with E-state index in [-0.39, 0.29) is 12.0 Å². The number of nitriles is 1. The predicted molar refractivity (Wildman–Crippen MR) is 39.0 cm³/mol. The first-order chi connectivity index (χ1) is 5.66. The van der Waals surface area contributed by atoms with Gasteiger partial charge in [0.05, 0.1) is 12.5 Å². The zero-order valence-electron chi connectivity index (χ0n) is 6.08. The molecular formula is C8H6FNO2. The lowest BCUT2D eigenvalue weighted by atomic mass is 10.1. The molecule has 0 fully saturated rings. The van der Waals surface area contributed by atoms with E-state index in [9.17, 15) is 4.39 Å². The van der Waals surface area contributed by atoms with Crippen LogP contribution in [0.25, 0.3) is 0 Å². The second kappa shape index (κ2) is 3.09. The Morgan fingerprint density at radius 2 is 2.08 bits per heavy atom. The van der Waals surface area contributed by atoms with Gasteiger partial charge in [-0.3, -0.25) is 0 Å². The molecule has 1 aromatic carbocycles. The smallest absolute Gasteiger partial charge is 0.206 e. The summed E-state index contributed by atoms with van der Waals surface area (Å²) < 4.78 is 12.7. The van der Waals surface area contributed by atoms with Gasteiger partial charge in [0, 0.05) is 5.56 Å². The van der Waals surface area contributed by atoms with Crippen LogP contribution in [-0.2, 0) is 6.42 Å². The lowest BCUT2D eigenvalue weighted by molar-refractivity contribution is 0.386. The van der Waals surface area contributed by atoms with Crippen molar-refractivity contribution in [3.63, 3.8) is 0 Å². The first-order valence-electron chi connectivity index (χ1n) is 3.23. The molecule has 12 heavy (non-hydrogen) atoms. The third kappa shape index (κ3) is 1.30. The van der Waals surface area contributed by atoms with Crippen molar-refractivity contribution in [1.29, 1.82) is 5.26 Å². The number of rotatable bonds is 1. The normalized spacial score (nSPS) is 9.33. The van der Waals surface area contributed by atoms with Crippen LogP contribution in [0.1, 0.15) is 5.56 Å². The fraction of sp³-hybridized carbons (Fsp3) is 0.125. The summed E-state index contributed by atoms with van der Waals surface area (Å²) in [5, 5.41) is 26.1. The lowest BCUT2D eigenvalue weighted by Crippen LogP contribution is -1.86. The minimum absolute atomic E-state index is 0.0803. The quantitative estimate of drug-likeness (QED) is 0.662. The molecule has 4 heteroatoms. The van der Waals surface area contributed by atoms with Gasteiger partial charge < -0.3 is 10.2 Å². The van der Waals surface area contributed by atoms with E-state index in [1.807, 2.05) is 0 Å². The van der Waals surface area contributed by atoms with E-state index in [4.69, 9.17) is 15.5 Å². The molecule has 0 saturated heterocycles. The van der Waals surface area contributed by atoms with Gasteiger partial charge in [-0.05, 0) is 6.07 Å². The van der Waals surface area contributed by atoms with Gasteiger partial charge in [0.1, 0.15) is 0 Å². The molecule has 1 rings (SSSR count). The fourth-order valence-corrected chi connectivity index (χ4v) is 0.822. The van der Waals surface area contributed by atoms with Crippen molar-refractivity contribution < 1.29 is 14.6 Å². The van der Waals surface area contributed by atoms with Crippen LogP contribution in [0, 0.1) is 17.1 Å². The molecule has 0 saturated carbocycles. The standard InChI is InChI=1S/C8H6FNO2/c9-7-6(11)2-1-5(3-4-10)8(7)12/h1-2,11-12H,3H2. The van der Waals surface area contributed by atoms with E-state index < -0.39 is 17.3 Å². The summed E-state index contributed by atoms with van der Waals surface area (Å²) >= 11 is 0. The van der Waals surface area contributed by atoms with Crippen LogP contribution < -0.4 is 0 Å². The summed E-state index contributed by atoms with van der Waals surface area (Å²) in [5.41, 5.74) is 0.174. The highest BCUT2D eigenvalue weighted by Crippen LogP contribution is 2.28. The van der Waals surface area contributed by atoms with Crippen molar-refractivity contribution >= 4 is 0 Å². The number of phenolic OH excluding ortho intramolecular Hbond substituents is 2. The monoisotopic (exact) mass is 167 g/mol. The third-order valence-electron chi connectivity index (χ3n) is 1.45. The number of phenols is 2. The number of halogens is 1. The fourth-order valence-electron chi connectivity index (χ4n) is 0.822. The van der Waals surface area contributed by atoms with Gasteiger partial charge in [0.25, 0.3) is 0 Å². The zero-order chi connectivity index (χ0) is 9.14. The van der Waals surface area contributed by atoms with Gasteiger partial charge >= 0.3 is 0 Å². The molecule has 0 bridgehead atoms. The van der Waals surface area contributed by atoms with Gasteiger partial charge in [-0.25, -0.2) is 0 Å². The third-order valence-corrected chi connectivity index (χ3v) is 1.45. The van der Waals surface area contributed by atoms with E-state index in [1.54, 1.807) is 6.07 Å². The summed E-state index contributed by atoms with van der Waals surface area (Å²) in [5.74, 6) is -2.35. The second-order valence-corrected chi connectivity index (χ2v) is 2.24.